The van der Waals surface area contributed by atoms with E-state index in [0.717, 1.165) is 31.9 Å². The third kappa shape index (κ3) is 6.89. The van der Waals surface area contributed by atoms with Gasteiger partial charge in [-0.15, -0.1) is 0 Å². The predicted molar refractivity (Wildman–Crippen MR) is 96.5 cm³/mol. The maximum atomic E-state index is 11.3. The van der Waals surface area contributed by atoms with Crippen molar-refractivity contribution in [1.82, 2.24) is 4.90 Å². The Bertz CT molecular complexity index is 628. The molecular formula is C16H25ClN2O3S. The lowest BCUT2D eigenvalue weighted by Crippen LogP contribution is -2.28. The van der Waals surface area contributed by atoms with Crippen LogP contribution in [0.15, 0.2) is 12.1 Å². The van der Waals surface area contributed by atoms with Crippen molar-refractivity contribution < 1.29 is 13.2 Å². The number of sulfone groups is 1. The number of nitrogens with zero attached hydrogens (tertiary/aromatic N) is 1. The molecule has 0 unspecified atom stereocenters. The van der Waals surface area contributed by atoms with Crippen molar-refractivity contribution in [2.24, 2.45) is 0 Å². The molecule has 0 aliphatic carbocycles. The first-order chi connectivity index (χ1) is 10.8. The van der Waals surface area contributed by atoms with Gasteiger partial charge in [0.15, 0.2) is 0 Å². The van der Waals surface area contributed by atoms with Crippen LogP contribution in [0.5, 0.6) is 0 Å². The largest absolute Gasteiger partial charge is 0.383 e. The van der Waals surface area contributed by atoms with Gasteiger partial charge in [-0.25, -0.2) is 8.42 Å². The zero-order valence-corrected chi connectivity index (χ0v) is 15.5. The average molecular weight is 361 g/mol. The van der Waals surface area contributed by atoms with Gasteiger partial charge in [0, 0.05) is 24.9 Å². The van der Waals surface area contributed by atoms with Crippen molar-refractivity contribution in [1.29, 1.82) is 0 Å². The summed E-state index contributed by atoms with van der Waals surface area (Å²) in [5.74, 6) is 0.00829. The van der Waals surface area contributed by atoms with E-state index in [1.807, 2.05) is 0 Å². The van der Waals surface area contributed by atoms with Crippen LogP contribution < -0.4 is 5.32 Å². The van der Waals surface area contributed by atoms with E-state index in [1.165, 1.54) is 6.26 Å². The zero-order chi connectivity index (χ0) is 17.5. The first-order valence-corrected chi connectivity index (χ1v) is 10.2. The van der Waals surface area contributed by atoms with Gasteiger partial charge >= 0.3 is 0 Å². The third-order valence-electron chi connectivity index (χ3n) is 3.74. The highest BCUT2D eigenvalue weighted by Gasteiger charge is 2.11. The molecule has 0 heterocycles. The number of aldehydes is 1. The van der Waals surface area contributed by atoms with Crippen LogP contribution in [0.2, 0.25) is 5.02 Å². The molecule has 1 N–H and O–H groups in total. The molecule has 0 aliphatic rings. The number of aryl methyl sites for hydroxylation is 1. The van der Waals surface area contributed by atoms with Gasteiger partial charge in [0.1, 0.15) is 16.1 Å². The fourth-order valence-corrected chi connectivity index (χ4v) is 3.11. The molecule has 0 aliphatic heterocycles. The number of anilines is 1. The van der Waals surface area contributed by atoms with E-state index in [-0.39, 0.29) is 5.75 Å². The van der Waals surface area contributed by atoms with E-state index < -0.39 is 9.84 Å². The SMILES string of the molecule is CCN(CC)CCNc1cc(CCS(C)(=O)=O)c(C=O)cc1Cl. The lowest BCUT2D eigenvalue weighted by atomic mass is 10.1. The molecule has 7 heteroatoms. The summed E-state index contributed by atoms with van der Waals surface area (Å²) in [5.41, 5.74) is 1.86. The molecular weight excluding hydrogens is 336 g/mol. The maximum absolute atomic E-state index is 11.3. The van der Waals surface area contributed by atoms with Crippen LogP contribution in [0.3, 0.4) is 0 Å². The lowest BCUT2D eigenvalue weighted by molar-refractivity contribution is 0.112. The molecule has 0 atom stereocenters. The second kappa shape index (κ2) is 9.25. The summed E-state index contributed by atoms with van der Waals surface area (Å²) in [4.78, 5) is 13.4. The Hall–Kier alpha value is -1.11. The van der Waals surface area contributed by atoms with Gasteiger partial charge in [-0.3, -0.25) is 4.79 Å². The second-order valence-electron chi connectivity index (χ2n) is 5.48. The van der Waals surface area contributed by atoms with E-state index in [2.05, 4.69) is 24.1 Å². The number of carbonyl (C=O) groups excluding carboxylic acids is 1. The van der Waals surface area contributed by atoms with Gasteiger partial charge in [-0.1, -0.05) is 25.4 Å². The monoisotopic (exact) mass is 360 g/mol. The Balaban J connectivity index is 2.85. The van der Waals surface area contributed by atoms with Crippen LogP contribution in [0.4, 0.5) is 5.69 Å². The Morgan fingerprint density at radius 1 is 1.26 bits per heavy atom. The van der Waals surface area contributed by atoms with Crippen molar-refractivity contribution in [3.05, 3.63) is 28.3 Å². The topological polar surface area (TPSA) is 66.5 Å². The summed E-state index contributed by atoms with van der Waals surface area (Å²) in [5, 5.41) is 3.73. The van der Waals surface area contributed by atoms with Crippen LogP contribution in [-0.4, -0.2) is 57.8 Å². The molecule has 0 radical (unpaired) electrons. The maximum Gasteiger partial charge on any atom is 0.150 e. The molecule has 0 bridgehead atoms. The van der Waals surface area contributed by atoms with Crippen LogP contribution in [0.1, 0.15) is 29.8 Å². The quantitative estimate of drug-likeness (QED) is 0.649. The van der Waals surface area contributed by atoms with Crippen molar-refractivity contribution in [2.75, 3.05) is 43.5 Å². The fraction of sp³-hybridized carbons (Fsp3) is 0.562. The van der Waals surface area contributed by atoms with Crippen LogP contribution in [-0.2, 0) is 16.3 Å². The van der Waals surface area contributed by atoms with Gasteiger partial charge in [0.25, 0.3) is 0 Å². The minimum absolute atomic E-state index is 0.00829. The lowest BCUT2D eigenvalue weighted by Gasteiger charge is -2.19. The Labute approximate surface area is 143 Å². The summed E-state index contributed by atoms with van der Waals surface area (Å²) in [6, 6.07) is 3.37. The van der Waals surface area contributed by atoms with Gasteiger partial charge in [0.05, 0.1) is 16.5 Å². The molecule has 0 aromatic heterocycles. The highest BCUT2D eigenvalue weighted by atomic mass is 35.5. The van der Waals surface area contributed by atoms with E-state index in [9.17, 15) is 13.2 Å². The Morgan fingerprint density at radius 3 is 2.43 bits per heavy atom. The summed E-state index contributed by atoms with van der Waals surface area (Å²) in [6.45, 7) is 7.80. The van der Waals surface area contributed by atoms with Crippen molar-refractivity contribution in [2.45, 2.75) is 20.3 Å². The van der Waals surface area contributed by atoms with E-state index in [0.29, 0.717) is 28.9 Å². The van der Waals surface area contributed by atoms with Crippen molar-refractivity contribution in [3.8, 4) is 0 Å². The molecule has 5 nitrogen and oxygen atoms in total. The Kier molecular flexibility index (Phi) is 8.02. The van der Waals surface area contributed by atoms with Gasteiger partial charge in [-0.2, -0.15) is 0 Å². The molecule has 1 aromatic carbocycles. The van der Waals surface area contributed by atoms with Gasteiger partial charge in [0.2, 0.25) is 0 Å². The smallest absolute Gasteiger partial charge is 0.150 e. The van der Waals surface area contributed by atoms with E-state index in [1.54, 1.807) is 12.1 Å². The predicted octanol–water partition coefficient (Wildman–Crippen LogP) is 2.49. The normalized spacial score (nSPS) is 11.7. The molecule has 0 fully saturated rings. The number of nitrogens with one attached hydrogen (secondary N) is 1. The van der Waals surface area contributed by atoms with Gasteiger partial charge < -0.3 is 10.2 Å². The third-order valence-corrected chi connectivity index (χ3v) is 4.99. The number of halogens is 1. The number of likely N-dealkylation sites (N-methyl/N-ethyl adjacent to an activating group) is 1. The summed E-state index contributed by atoms with van der Waals surface area (Å²) >= 11 is 6.20. The van der Waals surface area contributed by atoms with Crippen LogP contribution in [0, 0.1) is 0 Å². The summed E-state index contributed by atoms with van der Waals surface area (Å²) in [7, 11) is -3.08. The number of rotatable bonds is 10. The number of carbonyl (C=O) groups is 1. The first-order valence-electron chi connectivity index (χ1n) is 7.72. The zero-order valence-electron chi connectivity index (χ0n) is 13.9. The molecule has 0 spiro atoms. The highest BCUT2D eigenvalue weighted by Crippen LogP contribution is 2.26. The summed E-state index contributed by atoms with van der Waals surface area (Å²) < 4.78 is 22.7. The van der Waals surface area contributed by atoms with Gasteiger partial charge in [-0.05, 0) is 37.2 Å². The minimum Gasteiger partial charge on any atom is -0.383 e. The summed E-state index contributed by atoms with van der Waals surface area (Å²) in [6.07, 6.45) is 2.20. The number of hydrogen-bond acceptors (Lipinski definition) is 5. The van der Waals surface area contributed by atoms with Crippen LogP contribution in [0.25, 0.3) is 0 Å². The molecule has 1 rings (SSSR count). The molecule has 130 valence electrons. The number of hydrogen-bond donors (Lipinski definition) is 1. The number of benzene rings is 1. The van der Waals surface area contributed by atoms with Crippen molar-refractivity contribution >= 4 is 33.4 Å². The average Bonchev–Trinajstić information content (AvgIpc) is 2.50. The molecule has 0 saturated heterocycles. The minimum atomic E-state index is -3.08. The standard InChI is InChI=1S/C16H25ClN2O3S/c1-4-19(5-2)8-7-18-16-11-13(6-9-23(3,21)22)14(12-20)10-15(16)17/h10-12,18H,4-9H2,1-3H3. The fourth-order valence-electron chi connectivity index (χ4n) is 2.28. The molecule has 23 heavy (non-hydrogen) atoms. The van der Waals surface area contributed by atoms with Crippen molar-refractivity contribution in [3.63, 3.8) is 0 Å². The van der Waals surface area contributed by atoms with E-state index >= 15 is 0 Å². The second-order valence-corrected chi connectivity index (χ2v) is 8.15. The first kappa shape index (κ1) is 19.9. The molecule has 1 aromatic rings. The van der Waals surface area contributed by atoms with Crippen LogP contribution >= 0.6 is 11.6 Å². The molecule has 0 amide bonds. The highest BCUT2D eigenvalue weighted by molar-refractivity contribution is 7.90. The Morgan fingerprint density at radius 2 is 1.91 bits per heavy atom. The molecule has 0 saturated carbocycles. The van der Waals surface area contributed by atoms with E-state index in [4.69, 9.17) is 11.6 Å².